The van der Waals surface area contributed by atoms with Crippen molar-refractivity contribution in [2.75, 3.05) is 13.2 Å². The van der Waals surface area contributed by atoms with E-state index in [2.05, 4.69) is 10.3 Å². The van der Waals surface area contributed by atoms with E-state index in [-0.39, 0.29) is 17.3 Å². The average Bonchev–Trinajstić information content (AvgIpc) is 2.35. The van der Waals surface area contributed by atoms with Crippen molar-refractivity contribution in [3.05, 3.63) is 28.5 Å². The normalized spacial score (nSPS) is 26.6. The summed E-state index contributed by atoms with van der Waals surface area (Å²) in [6.07, 6.45) is 0.103. The Morgan fingerprint density at radius 2 is 2.25 bits per heavy atom. The number of nitrogens with one attached hydrogen (secondary N) is 1. The lowest BCUT2D eigenvalue weighted by molar-refractivity contribution is -0.157. The van der Waals surface area contributed by atoms with Gasteiger partial charge in [-0.25, -0.2) is 4.98 Å². The van der Waals surface area contributed by atoms with Crippen LogP contribution >= 0.6 is 11.6 Å². The molecule has 0 saturated carbocycles. The summed E-state index contributed by atoms with van der Waals surface area (Å²) in [5.74, 6) is -1.78. The van der Waals surface area contributed by atoms with E-state index in [1.165, 1.54) is 0 Å². The number of nitrogens with zero attached hydrogens (tertiary/aromatic N) is 1. The van der Waals surface area contributed by atoms with Crippen LogP contribution in [-0.4, -0.2) is 35.2 Å². The van der Waals surface area contributed by atoms with Gasteiger partial charge < -0.3 is 15.2 Å². The summed E-state index contributed by atoms with van der Waals surface area (Å²) in [6, 6.07) is 3.32. The number of halogens is 1. The van der Waals surface area contributed by atoms with Crippen LogP contribution in [0.5, 0.6) is 0 Å². The van der Waals surface area contributed by atoms with Gasteiger partial charge in [-0.15, -0.1) is 0 Å². The molecule has 1 amide bonds. The van der Waals surface area contributed by atoms with Gasteiger partial charge in [0.25, 0.3) is 0 Å². The molecular weight excluding hydrogens is 284 g/mol. The molecule has 0 radical (unpaired) electrons. The predicted molar refractivity (Wildman–Crippen MR) is 69.5 cm³/mol. The number of ether oxygens (including phenoxy) is 1. The molecule has 7 heteroatoms. The summed E-state index contributed by atoms with van der Waals surface area (Å²) in [5, 5.41) is 12.6. The fourth-order valence-electron chi connectivity index (χ4n) is 2.86. The van der Waals surface area contributed by atoms with Crippen molar-refractivity contribution in [1.29, 1.82) is 0 Å². The number of carboxylic acid groups (broad SMARTS) is 1. The van der Waals surface area contributed by atoms with Gasteiger partial charge in [-0.1, -0.05) is 24.6 Å². The Morgan fingerprint density at radius 3 is 2.75 bits per heavy atom. The second kappa shape index (κ2) is 4.17. The van der Waals surface area contributed by atoms with Gasteiger partial charge in [-0.05, 0) is 12.5 Å². The first-order chi connectivity index (χ1) is 9.46. The van der Waals surface area contributed by atoms with Crippen LogP contribution < -0.4 is 5.32 Å². The Balaban J connectivity index is 2.30. The number of rotatable bonds is 2. The van der Waals surface area contributed by atoms with Crippen molar-refractivity contribution >= 4 is 23.5 Å². The molecule has 0 aromatic carbocycles. The van der Waals surface area contributed by atoms with Gasteiger partial charge in [-0.3, -0.25) is 9.59 Å². The lowest BCUT2D eigenvalue weighted by Gasteiger charge is -2.49. The second-order valence-corrected chi connectivity index (χ2v) is 5.51. The Hall–Kier alpha value is -1.66. The summed E-state index contributed by atoms with van der Waals surface area (Å²) in [7, 11) is 0. The summed E-state index contributed by atoms with van der Waals surface area (Å²) >= 11 is 5.90. The van der Waals surface area contributed by atoms with Crippen molar-refractivity contribution in [2.45, 2.75) is 24.3 Å². The molecule has 0 aliphatic carbocycles. The maximum atomic E-state index is 12.4. The molecule has 1 atom stereocenters. The van der Waals surface area contributed by atoms with Crippen molar-refractivity contribution in [3.63, 3.8) is 0 Å². The van der Waals surface area contributed by atoms with Crippen molar-refractivity contribution in [2.24, 2.45) is 0 Å². The van der Waals surface area contributed by atoms with Crippen LogP contribution in [0.3, 0.4) is 0 Å². The lowest BCUT2D eigenvalue weighted by Crippen LogP contribution is -2.68. The number of carbonyl (C=O) groups excluding carboxylic acids is 1. The van der Waals surface area contributed by atoms with Gasteiger partial charge in [0.1, 0.15) is 10.7 Å². The average molecular weight is 297 g/mol. The highest BCUT2D eigenvalue weighted by atomic mass is 35.5. The minimum atomic E-state index is -1.69. The maximum absolute atomic E-state index is 12.4. The van der Waals surface area contributed by atoms with Gasteiger partial charge in [0, 0.05) is 5.56 Å². The van der Waals surface area contributed by atoms with Gasteiger partial charge in [-0.2, -0.15) is 0 Å². The van der Waals surface area contributed by atoms with Crippen LogP contribution in [0.1, 0.15) is 24.6 Å². The maximum Gasteiger partial charge on any atom is 0.325 e. The largest absolute Gasteiger partial charge is 0.480 e. The van der Waals surface area contributed by atoms with Gasteiger partial charge in [0.05, 0.1) is 18.9 Å². The Morgan fingerprint density at radius 1 is 1.55 bits per heavy atom. The number of fused-ring (bicyclic) bond motifs is 2. The minimum Gasteiger partial charge on any atom is -0.480 e. The number of carboxylic acids is 1. The van der Waals surface area contributed by atoms with Gasteiger partial charge in [0.15, 0.2) is 5.41 Å². The number of hydrogen-bond acceptors (Lipinski definition) is 4. The highest BCUT2D eigenvalue weighted by Gasteiger charge is 2.59. The number of aromatic nitrogens is 1. The molecule has 1 aromatic heterocycles. The quantitative estimate of drug-likeness (QED) is 0.623. The highest BCUT2D eigenvalue weighted by Crippen LogP contribution is 2.43. The van der Waals surface area contributed by atoms with E-state index >= 15 is 0 Å². The van der Waals surface area contributed by atoms with Crippen molar-refractivity contribution in [1.82, 2.24) is 10.3 Å². The monoisotopic (exact) mass is 296 g/mol. The molecule has 3 rings (SSSR count). The number of carbonyl (C=O) groups is 2. The standard InChI is InChI=1S/C13H13ClN2O4/c1-2-13(11(18)19)9-7(3-4-8(14)15-9)12(5-20-6-12)16-10(13)17/h3-4H,2,5-6H2,1H3,(H,16,17)(H,18,19). The third kappa shape index (κ3) is 1.46. The summed E-state index contributed by atoms with van der Waals surface area (Å²) in [6.45, 7) is 2.28. The smallest absolute Gasteiger partial charge is 0.325 e. The first-order valence-electron chi connectivity index (χ1n) is 6.27. The fourth-order valence-corrected chi connectivity index (χ4v) is 3.00. The van der Waals surface area contributed by atoms with E-state index in [9.17, 15) is 14.7 Å². The molecule has 3 heterocycles. The molecule has 106 valence electrons. The van der Waals surface area contributed by atoms with Crippen LogP contribution in [0.25, 0.3) is 0 Å². The zero-order valence-corrected chi connectivity index (χ0v) is 11.5. The number of pyridine rings is 1. The van der Waals surface area contributed by atoms with Crippen molar-refractivity contribution in [3.8, 4) is 0 Å². The Bertz CT molecular complexity index is 614. The van der Waals surface area contributed by atoms with E-state index in [0.29, 0.717) is 18.8 Å². The molecule has 1 unspecified atom stereocenters. The van der Waals surface area contributed by atoms with E-state index in [0.717, 1.165) is 0 Å². The topological polar surface area (TPSA) is 88.5 Å². The van der Waals surface area contributed by atoms with Crippen LogP contribution in [0.4, 0.5) is 0 Å². The predicted octanol–water partition coefficient (Wildman–Crippen LogP) is 0.823. The molecular formula is C13H13ClN2O4. The zero-order valence-electron chi connectivity index (χ0n) is 10.8. The first-order valence-corrected chi connectivity index (χ1v) is 6.65. The van der Waals surface area contributed by atoms with E-state index in [1.807, 2.05) is 0 Å². The number of hydrogen-bond donors (Lipinski definition) is 2. The van der Waals surface area contributed by atoms with E-state index in [4.69, 9.17) is 16.3 Å². The number of amides is 1. The molecule has 1 fully saturated rings. The highest BCUT2D eigenvalue weighted by molar-refractivity contribution is 6.29. The number of aliphatic carboxylic acids is 1. The van der Waals surface area contributed by atoms with Crippen LogP contribution in [-0.2, 0) is 25.3 Å². The molecule has 2 aliphatic rings. The van der Waals surface area contributed by atoms with Crippen LogP contribution in [0.2, 0.25) is 5.15 Å². The molecule has 2 aliphatic heterocycles. The molecule has 1 spiro atoms. The third-order valence-corrected chi connectivity index (χ3v) is 4.32. The molecule has 1 saturated heterocycles. The van der Waals surface area contributed by atoms with Crippen LogP contribution in [0.15, 0.2) is 12.1 Å². The van der Waals surface area contributed by atoms with Crippen molar-refractivity contribution < 1.29 is 19.4 Å². The van der Waals surface area contributed by atoms with Crippen LogP contribution in [0, 0.1) is 0 Å². The fraction of sp³-hybridized carbons (Fsp3) is 0.462. The molecule has 0 bridgehead atoms. The van der Waals surface area contributed by atoms with Gasteiger partial charge >= 0.3 is 5.97 Å². The summed E-state index contributed by atoms with van der Waals surface area (Å²) in [4.78, 5) is 28.3. The molecule has 2 N–H and O–H groups in total. The summed E-state index contributed by atoms with van der Waals surface area (Å²) in [5.41, 5.74) is -1.46. The molecule has 20 heavy (non-hydrogen) atoms. The SMILES string of the molecule is CCC1(C(=O)O)C(=O)NC2(COC2)c2ccc(Cl)nc21. The molecule has 6 nitrogen and oxygen atoms in total. The second-order valence-electron chi connectivity index (χ2n) is 5.12. The van der Waals surface area contributed by atoms with E-state index < -0.39 is 22.8 Å². The minimum absolute atomic E-state index is 0.103. The van der Waals surface area contributed by atoms with Gasteiger partial charge in [0.2, 0.25) is 5.91 Å². The van der Waals surface area contributed by atoms with E-state index in [1.54, 1.807) is 19.1 Å². The summed E-state index contributed by atoms with van der Waals surface area (Å²) < 4.78 is 5.19. The lowest BCUT2D eigenvalue weighted by atomic mass is 9.69. The zero-order chi connectivity index (χ0) is 14.5. The Kier molecular flexibility index (Phi) is 2.78. The third-order valence-electron chi connectivity index (χ3n) is 4.11. The Labute approximate surface area is 120 Å². The first kappa shape index (κ1) is 13.3. The molecule has 1 aromatic rings.